The van der Waals surface area contributed by atoms with Gasteiger partial charge in [0, 0.05) is 18.0 Å². The molecule has 0 bridgehead atoms. The van der Waals surface area contributed by atoms with Gasteiger partial charge >= 0.3 is 12.1 Å². The van der Waals surface area contributed by atoms with Crippen molar-refractivity contribution in [1.29, 1.82) is 0 Å². The Bertz CT molecular complexity index is 789. The Labute approximate surface area is 157 Å². The molecule has 0 aliphatic carbocycles. The molecule has 2 aromatic carbocycles. The zero-order chi connectivity index (χ0) is 19.5. The Kier molecular flexibility index (Phi) is 8.12. The molecule has 0 heterocycles. The van der Waals surface area contributed by atoms with Crippen molar-refractivity contribution in [2.75, 3.05) is 33.0 Å². The van der Waals surface area contributed by atoms with Gasteiger partial charge in [-0.25, -0.2) is 9.59 Å². The quantitative estimate of drug-likeness (QED) is 0.391. The second kappa shape index (κ2) is 10.8. The summed E-state index contributed by atoms with van der Waals surface area (Å²) in [5.41, 5.74) is 0. The first-order chi connectivity index (χ1) is 13.1. The fraction of sp³-hybridized carbons (Fsp3) is 0.300. The van der Waals surface area contributed by atoms with Gasteiger partial charge in [-0.3, -0.25) is 0 Å². The van der Waals surface area contributed by atoms with Gasteiger partial charge in [0.1, 0.15) is 18.1 Å². The van der Waals surface area contributed by atoms with E-state index in [1.54, 1.807) is 12.1 Å². The largest absolute Gasteiger partial charge is 0.493 e. The van der Waals surface area contributed by atoms with Crippen LogP contribution in [0, 0.1) is 0 Å². The Hall–Kier alpha value is -3.06. The lowest BCUT2D eigenvalue weighted by Gasteiger charge is -2.10. The number of esters is 1. The first-order valence-corrected chi connectivity index (χ1v) is 8.62. The molecule has 0 aliphatic heterocycles. The fourth-order valence-corrected chi connectivity index (χ4v) is 2.31. The van der Waals surface area contributed by atoms with Crippen LogP contribution in [0.15, 0.2) is 49.1 Å². The topological polar surface area (TPSA) is 83.1 Å². The van der Waals surface area contributed by atoms with Gasteiger partial charge in [0.2, 0.25) is 0 Å². The van der Waals surface area contributed by atoms with Crippen LogP contribution in [0.2, 0.25) is 0 Å². The lowest BCUT2D eigenvalue weighted by atomic mass is 10.1. The molecular weight excluding hydrogens is 350 g/mol. The minimum absolute atomic E-state index is 0.135. The average Bonchev–Trinajstić information content (AvgIpc) is 2.67. The molecule has 0 aromatic heterocycles. The molecule has 7 nitrogen and oxygen atoms in total. The molecule has 7 heteroatoms. The molecule has 0 spiro atoms. The number of carbonyl (C=O) groups is 2. The van der Waals surface area contributed by atoms with Gasteiger partial charge in [-0.1, -0.05) is 18.7 Å². The van der Waals surface area contributed by atoms with Crippen molar-refractivity contribution >= 4 is 22.8 Å². The van der Waals surface area contributed by atoms with Crippen LogP contribution in [0.4, 0.5) is 4.79 Å². The van der Waals surface area contributed by atoms with E-state index in [0.717, 1.165) is 22.6 Å². The number of fused-ring (bicyclic) bond motifs is 1. The molecule has 0 unspecified atom stereocenters. The van der Waals surface area contributed by atoms with Gasteiger partial charge in [-0.15, -0.1) is 0 Å². The van der Waals surface area contributed by atoms with Gasteiger partial charge in [-0.2, -0.15) is 0 Å². The zero-order valence-corrected chi connectivity index (χ0v) is 15.2. The third-order valence-corrected chi connectivity index (χ3v) is 3.48. The van der Waals surface area contributed by atoms with Gasteiger partial charge < -0.3 is 24.3 Å². The molecule has 0 radical (unpaired) electrons. The second-order valence-corrected chi connectivity index (χ2v) is 5.37. The van der Waals surface area contributed by atoms with E-state index in [1.165, 1.54) is 0 Å². The van der Waals surface area contributed by atoms with Crippen LogP contribution in [0.25, 0.3) is 10.8 Å². The maximum Gasteiger partial charge on any atom is 0.412 e. The Balaban J connectivity index is 1.74. The molecule has 2 rings (SSSR count). The van der Waals surface area contributed by atoms with E-state index in [2.05, 4.69) is 11.9 Å². The highest BCUT2D eigenvalue weighted by Gasteiger charge is 2.07. The van der Waals surface area contributed by atoms with Crippen molar-refractivity contribution in [3.8, 4) is 11.5 Å². The summed E-state index contributed by atoms with van der Waals surface area (Å²) < 4.78 is 20.8. The summed E-state index contributed by atoms with van der Waals surface area (Å²) >= 11 is 0. The highest BCUT2D eigenvalue weighted by Crippen LogP contribution is 2.28. The number of benzene rings is 2. The summed E-state index contributed by atoms with van der Waals surface area (Å²) in [5.74, 6) is 0.733. The van der Waals surface area contributed by atoms with Crippen LogP contribution in [0.5, 0.6) is 11.5 Å². The van der Waals surface area contributed by atoms with E-state index in [9.17, 15) is 9.59 Å². The smallest absolute Gasteiger partial charge is 0.412 e. The Morgan fingerprint density at radius 3 is 2.78 bits per heavy atom. The SMILES string of the molecule is C=CC(=O)OCCOCCNC(=O)Oc1ccc2c(OCC)cccc2c1. The van der Waals surface area contributed by atoms with Crippen molar-refractivity contribution in [1.82, 2.24) is 5.32 Å². The maximum absolute atomic E-state index is 11.8. The van der Waals surface area contributed by atoms with E-state index >= 15 is 0 Å². The normalized spacial score (nSPS) is 10.3. The number of hydrogen-bond acceptors (Lipinski definition) is 6. The second-order valence-electron chi connectivity index (χ2n) is 5.37. The van der Waals surface area contributed by atoms with E-state index in [-0.39, 0.29) is 26.4 Å². The first-order valence-electron chi connectivity index (χ1n) is 8.62. The summed E-state index contributed by atoms with van der Waals surface area (Å²) in [5, 5.41) is 4.46. The molecule has 0 fully saturated rings. The summed E-state index contributed by atoms with van der Waals surface area (Å²) in [6.45, 7) is 6.72. The molecule has 144 valence electrons. The number of carbonyl (C=O) groups excluding carboxylic acids is 2. The van der Waals surface area contributed by atoms with Crippen LogP contribution in [-0.4, -0.2) is 45.0 Å². The van der Waals surface area contributed by atoms with Crippen LogP contribution in [-0.2, 0) is 14.3 Å². The van der Waals surface area contributed by atoms with E-state index in [0.29, 0.717) is 12.4 Å². The minimum Gasteiger partial charge on any atom is -0.493 e. The molecule has 1 amide bonds. The van der Waals surface area contributed by atoms with Crippen molar-refractivity contribution in [3.63, 3.8) is 0 Å². The minimum atomic E-state index is -0.572. The molecule has 2 aromatic rings. The molecule has 1 N–H and O–H groups in total. The molecule has 0 aliphatic rings. The van der Waals surface area contributed by atoms with Crippen LogP contribution in [0.3, 0.4) is 0 Å². The maximum atomic E-state index is 11.8. The molecule has 0 atom stereocenters. The lowest BCUT2D eigenvalue weighted by Crippen LogP contribution is -2.30. The number of ether oxygens (including phenoxy) is 4. The Morgan fingerprint density at radius 1 is 1.15 bits per heavy atom. The van der Waals surface area contributed by atoms with Gasteiger partial charge in [-0.05, 0) is 36.6 Å². The predicted octanol–water partition coefficient (Wildman–Crippen LogP) is 3.07. The van der Waals surface area contributed by atoms with Crippen LogP contribution >= 0.6 is 0 Å². The van der Waals surface area contributed by atoms with E-state index in [4.69, 9.17) is 18.9 Å². The summed E-state index contributed by atoms with van der Waals surface area (Å²) in [6.07, 6.45) is 0.513. The van der Waals surface area contributed by atoms with E-state index in [1.807, 2.05) is 31.2 Å². The molecule has 0 saturated heterocycles. The van der Waals surface area contributed by atoms with Gasteiger partial charge in [0.15, 0.2) is 0 Å². The third-order valence-electron chi connectivity index (χ3n) is 3.48. The van der Waals surface area contributed by atoms with Crippen molar-refractivity contribution in [3.05, 3.63) is 49.1 Å². The van der Waals surface area contributed by atoms with Crippen LogP contribution < -0.4 is 14.8 Å². The zero-order valence-electron chi connectivity index (χ0n) is 15.2. The highest BCUT2D eigenvalue weighted by atomic mass is 16.6. The number of amides is 1. The third kappa shape index (κ3) is 6.63. The summed E-state index contributed by atoms with van der Waals surface area (Å²) in [6, 6.07) is 11.1. The summed E-state index contributed by atoms with van der Waals surface area (Å²) in [7, 11) is 0. The van der Waals surface area contributed by atoms with Crippen LogP contribution in [0.1, 0.15) is 6.92 Å². The van der Waals surface area contributed by atoms with Gasteiger partial charge in [0.05, 0.1) is 19.8 Å². The standard InChI is InChI=1S/C20H23NO6/c1-3-19(22)26-13-12-24-11-10-21-20(23)27-16-8-9-17-15(14-16)6-5-7-18(17)25-4-2/h3,5-9,14H,1,4,10-13H2,2H3,(H,21,23). The molecule has 27 heavy (non-hydrogen) atoms. The Morgan fingerprint density at radius 2 is 2.00 bits per heavy atom. The average molecular weight is 373 g/mol. The number of hydrogen-bond donors (Lipinski definition) is 1. The molecular formula is C20H23NO6. The lowest BCUT2D eigenvalue weighted by molar-refractivity contribution is -0.139. The van der Waals surface area contributed by atoms with Gasteiger partial charge in [0.25, 0.3) is 0 Å². The highest BCUT2D eigenvalue weighted by molar-refractivity contribution is 5.90. The monoisotopic (exact) mass is 373 g/mol. The van der Waals surface area contributed by atoms with E-state index < -0.39 is 12.1 Å². The summed E-state index contributed by atoms with van der Waals surface area (Å²) in [4.78, 5) is 22.7. The molecule has 0 saturated carbocycles. The van der Waals surface area contributed by atoms with Crippen molar-refractivity contribution < 1.29 is 28.5 Å². The predicted molar refractivity (Wildman–Crippen MR) is 101 cm³/mol. The van der Waals surface area contributed by atoms with Crippen molar-refractivity contribution in [2.45, 2.75) is 6.92 Å². The number of nitrogens with one attached hydrogen (secondary N) is 1. The fourth-order valence-electron chi connectivity index (χ4n) is 2.31. The number of rotatable bonds is 10. The first kappa shape index (κ1) is 20.3. The van der Waals surface area contributed by atoms with Crippen molar-refractivity contribution in [2.24, 2.45) is 0 Å².